The Balaban J connectivity index is 3.20. The van der Waals surface area contributed by atoms with Gasteiger partial charge in [-0.15, -0.1) is 0 Å². The molecule has 0 fully saturated rings. The van der Waals surface area contributed by atoms with Gasteiger partial charge in [0.05, 0.1) is 0 Å². The van der Waals surface area contributed by atoms with Crippen molar-refractivity contribution in [1.82, 2.24) is 9.78 Å². The van der Waals surface area contributed by atoms with E-state index in [1.54, 1.807) is 11.7 Å². The minimum atomic E-state index is -0.167. The van der Waals surface area contributed by atoms with E-state index >= 15 is 0 Å². The van der Waals surface area contributed by atoms with E-state index in [9.17, 15) is 0 Å². The van der Waals surface area contributed by atoms with E-state index in [2.05, 4.69) is 10.8 Å². The second kappa shape index (κ2) is 2.54. The van der Waals surface area contributed by atoms with Gasteiger partial charge in [-0.3, -0.25) is 0 Å². The standard InChI is InChI=1S/C5H11AsN4/c1-6-3-4(7)9-10(2)5(3)8/h6H,8H2,1-2H3,(H2,7,9). The fraction of sp³-hybridized carbons (Fsp3) is 0.400. The van der Waals surface area contributed by atoms with Gasteiger partial charge in [0.2, 0.25) is 0 Å². The fourth-order valence-electron chi connectivity index (χ4n) is 0.815. The van der Waals surface area contributed by atoms with Crippen LogP contribution in [0.3, 0.4) is 0 Å². The first-order valence-corrected chi connectivity index (χ1v) is 6.07. The van der Waals surface area contributed by atoms with Crippen LogP contribution in [0.1, 0.15) is 0 Å². The molecule has 1 heterocycles. The van der Waals surface area contributed by atoms with E-state index in [1.807, 2.05) is 0 Å². The molecule has 1 rings (SSSR count). The van der Waals surface area contributed by atoms with Crippen LogP contribution in [0.25, 0.3) is 0 Å². The first-order chi connectivity index (χ1) is 4.66. The third-order valence-corrected chi connectivity index (χ3v) is 3.49. The molecule has 0 aliphatic heterocycles. The maximum absolute atomic E-state index is 5.67. The van der Waals surface area contributed by atoms with E-state index in [-0.39, 0.29) is 15.8 Å². The van der Waals surface area contributed by atoms with Crippen molar-refractivity contribution in [2.24, 2.45) is 7.05 Å². The molecule has 4 N–H and O–H groups in total. The zero-order valence-corrected chi connectivity index (χ0v) is 8.15. The maximum atomic E-state index is 5.67. The zero-order valence-electron chi connectivity index (χ0n) is 6.05. The van der Waals surface area contributed by atoms with Gasteiger partial charge in [-0.25, -0.2) is 0 Å². The number of nitrogens with two attached hydrogens (primary N) is 2. The number of hydrogen-bond donors (Lipinski definition) is 2. The van der Waals surface area contributed by atoms with Crippen LogP contribution in [0.5, 0.6) is 0 Å². The zero-order chi connectivity index (χ0) is 7.72. The summed E-state index contributed by atoms with van der Waals surface area (Å²) in [6.45, 7) is 0. The fourth-order valence-corrected chi connectivity index (χ4v) is 2.33. The third-order valence-electron chi connectivity index (χ3n) is 1.37. The van der Waals surface area contributed by atoms with Crippen LogP contribution in [0, 0.1) is 0 Å². The summed E-state index contributed by atoms with van der Waals surface area (Å²) in [5.74, 6) is 1.32. The van der Waals surface area contributed by atoms with Crippen molar-refractivity contribution < 1.29 is 0 Å². The van der Waals surface area contributed by atoms with Crippen molar-refractivity contribution >= 4 is 31.7 Å². The van der Waals surface area contributed by atoms with Gasteiger partial charge < -0.3 is 0 Å². The number of rotatable bonds is 1. The molecule has 56 valence electrons. The average Bonchev–Trinajstić information content (AvgIpc) is 2.09. The summed E-state index contributed by atoms with van der Waals surface area (Å²) < 4.78 is 2.69. The van der Waals surface area contributed by atoms with Crippen molar-refractivity contribution in [3.05, 3.63) is 0 Å². The number of aromatic nitrogens is 2. The number of hydrogen-bond acceptors (Lipinski definition) is 3. The summed E-state index contributed by atoms with van der Waals surface area (Å²) in [6.07, 6.45) is 0. The summed E-state index contributed by atoms with van der Waals surface area (Å²) in [5, 5.41) is 3.98. The van der Waals surface area contributed by atoms with E-state index in [4.69, 9.17) is 11.5 Å². The predicted octanol–water partition coefficient (Wildman–Crippen LogP) is -1.31. The number of aryl methyl sites for hydroxylation is 1. The van der Waals surface area contributed by atoms with Crippen molar-refractivity contribution in [2.75, 3.05) is 11.5 Å². The molecule has 1 aromatic rings. The van der Waals surface area contributed by atoms with E-state index in [0.717, 1.165) is 10.2 Å². The van der Waals surface area contributed by atoms with Crippen LogP contribution < -0.4 is 15.8 Å². The van der Waals surface area contributed by atoms with Crippen molar-refractivity contribution in [3.8, 4) is 0 Å². The van der Waals surface area contributed by atoms with Crippen LogP contribution in [0.4, 0.5) is 11.6 Å². The molecule has 1 aromatic heterocycles. The Labute approximate surface area is 66.3 Å². The van der Waals surface area contributed by atoms with Gasteiger partial charge in [-0.2, -0.15) is 0 Å². The Hall–Kier alpha value is -0.632. The Morgan fingerprint density at radius 3 is 2.30 bits per heavy atom. The average molecular weight is 202 g/mol. The Kier molecular flexibility index (Phi) is 1.90. The van der Waals surface area contributed by atoms with Crippen molar-refractivity contribution in [2.45, 2.75) is 5.71 Å². The SMILES string of the molecule is C[AsH]c1c(N)nn(C)c1N. The molecule has 0 bridgehead atoms. The second-order valence-electron chi connectivity index (χ2n) is 2.02. The summed E-state index contributed by atoms with van der Waals surface area (Å²) in [5.41, 5.74) is 13.4. The first kappa shape index (κ1) is 7.48. The second-order valence-corrected chi connectivity index (χ2v) is 4.12. The summed E-state index contributed by atoms with van der Waals surface area (Å²) >= 11 is -0.167. The third kappa shape index (κ3) is 0.991. The molecule has 4 nitrogen and oxygen atoms in total. The Bertz CT molecular complexity index is 242. The van der Waals surface area contributed by atoms with Gasteiger partial charge in [-0.05, 0) is 0 Å². The first-order valence-electron chi connectivity index (χ1n) is 2.92. The molecular weight excluding hydrogens is 191 g/mol. The van der Waals surface area contributed by atoms with E-state index in [1.165, 1.54) is 0 Å². The molecular formula is C5H11AsN4. The molecule has 1 atom stereocenters. The quantitative estimate of drug-likeness (QED) is 0.556. The molecule has 10 heavy (non-hydrogen) atoms. The van der Waals surface area contributed by atoms with Crippen LogP contribution >= 0.6 is 0 Å². The van der Waals surface area contributed by atoms with Gasteiger partial charge in [-0.1, -0.05) is 0 Å². The molecule has 0 spiro atoms. The van der Waals surface area contributed by atoms with Crippen LogP contribution in [0.2, 0.25) is 5.71 Å². The van der Waals surface area contributed by atoms with Gasteiger partial charge in [0.25, 0.3) is 0 Å². The number of nitrogens with zero attached hydrogens (tertiary/aromatic N) is 2. The van der Waals surface area contributed by atoms with Gasteiger partial charge in [0.15, 0.2) is 0 Å². The molecule has 1 unspecified atom stereocenters. The van der Waals surface area contributed by atoms with Crippen molar-refractivity contribution in [3.63, 3.8) is 0 Å². The number of anilines is 2. The summed E-state index contributed by atoms with van der Waals surface area (Å²) in [4.78, 5) is 0. The van der Waals surface area contributed by atoms with Crippen LogP contribution in [0.15, 0.2) is 0 Å². The molecule has 0 aromatic carbocycles. The van der Waals surface area contributed by atoms with Crippen molar-refractivity contribution in [1.29, 1.82) is 0 Å². The van der Waals surface area contributed by atoms with Gasteiger partial charge in [0, 0.05) is 0 Å². The van der Waals surface area contributed by atoms with Gasteiger partial charge in [0.1, 0.15) is 0 Å². The Morgan fingerprint density at radius 2 is 2.10 bits per heavy atom. The van der Waals surface area contributed by atoms with Gasteiger partial charge >= 0.3 is 65.7 Å². The number of nitrogen functional groups attached to an aromatic ring is 2. The predicted molar refractivity (Wildman–Crippen MR) is 44.7 cm³/mol. The van der Waals surface area contributed by atoms with Crippen LogP contribution in [-0.4, -0.2) is 25.5 Å². The molecule has 0 amide bonds. The normalized spacial score (nSPS) is 11.4. The summed E-state index contributed by atoms with van der Waals surface area (Å²) in [7, 11) is 1.80. The monoisotopic (exact) mass is 202 g/mol. The molecule has 0 aliphatic rings. The van der Waals surface area contributed by atoms with E-state index in [0.29, 0.717) is 5.82 Å². The summed E-state index contributed by atoms with van der Waals surface area (Å²) in [6, 6.07) is 0. The molecule has 0 saturated carbocycles. The van der Waals surface area contributed by atoms with E-state index < -0.39 is 0 Å². The minimum absolute atomic E-state index is 0.167. The molecule has 0 radical (unpaired) electrons. The van der Waals surface area contributed by atoms with Crippen LogP contribution in [-0.2, 0) is 7.05 Å². The molecule has 5 heteroatoms. The Morgan fingerprint density at radius 1 is 1.50 bits per heavy atom. The molecule has 0 saturated heterocycles. The topological polar surface area (TPSA) is 69.9 Å². The molecule has 0 aliphatic carbocycles.